The molecule has 2 heterocycles. The Morgan fingerprint density at radius 1 is 1.32 bits per heavy atom. The summed E-state index contributed by atoms with van der Waals surface area (Å²) in [5, 5.41) is 4.06. The Hall–Kier alpha value is -2.05. The first-order valence-corrected chi connectivity index (χ1v) is 7.49. The number of anilines is 1. The second-order valence-electron chi connectivity index (χ2n) is 5.31. The third-order valence-corrected chi connectivity index (χ3v) is 3.86. The molecule has 1 aliphatic heterocycles. The van der Waals surface area contributed by atoms with E-state index < -0.39 is 0 Å². The van der Waals surface area contributed by atoms with E-state index in [1.165, 1.54) is 0 Å². The standard InChI is InChI=1S/C16H21N3O3/c1-21-9-6-18-5-4-13-12-14(2-3-15(13)18)17-16(20)19-7-10-22-11-8-19/h2-5,12H,6-11H2,1H3,(H,17,20). The topological polar surface area (TPSA) is 55.7 Å². The Labute approximate surface area is 129 Å². The molecule has 118 valence electrons. The largest absolute Gasteiger partial charge is 0.383 e. The lowest BCUT2D eigenvalue weighted by molar-refractivity contribution is 0.0564. The molecule has 1 aromatic heterocycles. The van der Waals surface area contributed by atoms with Gasteiger partial charge in [0.15, 0.2) is 0 Å². The van der Waals surface area contributed by atoms with Crippen LogP contribution in [0.5, 0.6) is 0 Å². The number of aromatic nitrogens is 1. The van der Waals surface area contributed by atoms with Crippen LogP contribution in [0.25, 0.3) is 10.9 Å². The van der Waals surface area contributed by atoms with Gasteiger partial charge in [0.2, 0.25) is 0 Å². The summed E-state index contributed by atoms with van der Waals surface area (Å²) >= 11 is 0. The van der Waals surface area contributed by atoms with Gasteiger partial charge in [-0.1, -0.05) is 0 Å². The molecule has 0 radical (unpaired) electrons. The third-order valence-electron chi connectivity index (χ3n) is 3.86. The third kappa shape index (κ3) is 3.23. The minimum atomic E-state index is -0.0681. The van der Waals surface area contributed by atoms with Crippen molar-refractivity contribution in [3.63, 3.8) is 0 Å². The summed E-state index contributed by atoms with van der Waals surface area (Å²) in [4.78, 5) is 14.0. The van der Waals surface area contributed by atoms with Gasteiger partial charge in [0.25, 0.3) is 0 Å². The van der Waals surface area contributed by atoms with E-state index in [1.807, 2.05) is 24.4 Å². The molecule has 0 unspecified atom stereocenters. The Bertz CT molecular complexity index is 647. The predicted molar refractivity (Wildman–Crippen MR) is 85.2 cm³/mol. The zero-order chi connectivity index (χ0) is 15.4. The molecule has 2 amide bonds. The molecule has 0 atom stereocenters. The molecule has 1 aliphatic rings. The average Bonchev–Trinajstić information content (AvgIpc) is 2.96. The normalized spacial score (nSPS) is 15.2. The number of nitrogens with zero attached hydrogens (tertiary/aromatic N) is 2. The first kappa shape index (κ1) is 14.9. The van der Waals surface area contributed by atoms with E-state index in [0.717, 1.165) is 23.1 Å². The molecule has 22 heavy (non-hydrogen) atoms. The van der Waals surface area contributed by atoms with Crippen LogP contribution in [0, 0.1) is 0 Å². The van der Waals surface area contributed by atoms with Gasteiger partial charge in [-0.25, -0.2) is 4.79 Å². The summed E-state index contributed by atoms with van der Waals surface area (Å²) in [7, 11) is 1.70. The summed E-state index contributed by atoms with van der Waals surface area (Å²) in [5.74, 6) is 0. The highest BCUT2D eigenvalue weighted by Gasteiger charge is 2.16. The van der Waals surface area contributed by atoms with Crippen LogP contribution in [-0.2, 0) is 16.0 Å². The fourth-order valence-corrected chi connectivity index (χ4v) is 2.63. The van der Waals surface area contributed by atoms with Crippen molar-refractivity contribution in [3.8, 4) is 0 Å². The van der Waals surface area contributed by atoms with Gasteiger partial charge in [0.05, 0.1) is 19.8 Å². The Morgan fingerprint density at radius 2 is 2.14 bits per heavy atom. The SMILES string of the molecule is COCCn1ccc2cc(NC(=O)N3CCOCC3)ccc21. The molecule has 2 aromatic rings. The molecule has 1 saturated heterocycles. The van der Waals surface area contributed by atoms with Crippen molar-refractivity contribution >= 4 is 22.6 Å². The van der Waals surface area contributed by atoms with Crippen LogP contribution in [0.2, 0.25) is 0 Å². The van der Waals surface area contributed by atoms with E-state index in [0.29, 0.717) is 32.9 Å². The fourth-order valence-electron chi connectivity index (χ4n) is 2.63. The molecule has 3 rings (SSSR count). The van der Waals surface area contributed by atoms with Gasteiger partial charge in [-0.2, -0.15) is 0 Å². The van der Waals surface area contributed by atoms with E-state index in [-0.39, 0.29) is 6.03 Å². The molecule has 0 spiro atoms. The first-order chi connectivity index (χ1) is 10.8. The molecule has 1 N–H and O–H groups in total. The number of urea groups is 1. The summed E-state index contributed by atoms with van der Waals surface area (Å²) < 4.78 is 12.5. The first-order valence-electron chi connectivity index (χ1n) is 7.49. The number of hydrogen-bond acceptors (Lipinski definition) is 3. The lowest BCUT2D eigenvalue weighted by atomic mass is 10.2. The minimum Gasteiger partial charge on any atom is -0.383 e. The lowest BCUT2D eigenvalue weighted by Gasteiger charge is -2.26. The zero-order valence-electron chi connectivity index (χ0n) is 12.7. The molecule has 6 nitrogen and oxygen atoms in total. The monoisotopic (exact) mass is 303 g/mol. The van der Waals surface area contributed by atoms with Crippen LogP contribution >= 0.6 is 0 Å². The quantitative estimate of drug-likeness (QED) is 0.941. The van der Waals surface area contributed by atoms with Crippen LogP contribution in [0.4, 0.5) is 10.5 Å². The van der Waals surface area contributed by atoms with Crippen molar-refractivity contribution in [2.75, 3.05) is 45.3 Å². The van der Waals surface area contributed by atoms with E-state index in [1.54, 1.807) is 12.0 Å². The summed E-state index contributed by atoms with van der Waals surface area (Å²) in [6.45, 7) is 3.99. The van der Waals surface area contributed by atoms with Crippen molar-refractivity contribution in [2.24, 2.45) is 0 Å². The highest BCUT2D eigenvalue weighted by Crippen LogP contribution is 2.21. The number of nitrogens with one attached hydrogen (secondary N) is 1. The van der Waals surface area contributed by atoms with Gasteiger partial charge in [-0.05, 0) is 24.3 Å². The van der Waals surface area contributed by atoms with E-state index in [9.17, 15) is 4.79 Å². The summed E-state index contributed by atoms with van der Waals surface area (Å²) in [5.41, 5.74) is 1.95. The molecule has 1 fully saturated rings. The molecule has 0 aliphatic carbocycles. The number of fused-ring (bicyclic) bond motifs is 1. The number of carbonyl (C=O) groups is 1. The number of morpholine rings is 1. The Morgan fingerprint density at radius 3 is 2.91 bits per heavy atom. The predicted octanol–water partition coefficient (Wildman–Crippen LogP) is 2.15. The maximum atomic E-state index is 12.2. The fraction of sp³-hybridized carbons (Fsp3) is 0.438. The molecule has 1 aromatic carbocycles. The average molecular weight is 303 g/mol. The number of ether oxygens (including phenoxy) is 2. The zero-order valence-corrected chi connectivity index (χ0v) is 12.7. The van der Waals surface area contributed by atoms with E-state index in [2.05, 4.69) is 16.0 Å². The van der Waals surface area contributed by atoms with Crippen LogP contribution in [0.3, 0.4) is 0 Å². The summed E-state index contributed by atoms with van der Waals surface area (Å²) in [6, 6.07) is 7.94. The smallest absolute Gasteiger partial charge is 0.321 e. The number of amides is 2. The van der Waals surface area contributed by atoms with Gasteiger partial charge >= 0.3 is 6.03 Å². The summed E-state index contributed by atoms with van der Waals surface area (Å²) in [6.07, 6.45) is 2.04. The van der Waals surface area contributed by atoms with Gasteiger partial charge in [0.1, 0.15) is 0 Å². The van der Waals surface area contributed by atoms with Crippen molar-refractivity contribution in [1.29, 1.82) is 0 Å². The molecule has 0 saturated carbocycles. The molecule has 6 heteroatoms. The van der Waals surface area contributed by atoms with Crippen molar-refractivity contribution < 1.29 is 14.3 Å². The maximum absolute atomic E-state index is 12.2. The van der Waals surface area contributed by atoms with Crippen LogP contribution in [0.15, 0.2) is 30.5 Å². The molecule has 0 bridgehead atoms. The molecular weight excluding hydrogens is 282 g/mol. The highest BCUT2D eigenvalue weighted by atomic mass is 16.5. The highest BCUT2D eigenvalue weighted by molar-refractivity contribution is 5.93. The number of methoxy groups -OCH3 is 1. The number of rotatable bonds is 4. The Kier molecular flexibility index (Phi) is 4.60. The minimum absolute atomic E-state index is 0.0681. The van der Waals surface area contributed by atoms with Crippen molar-refractivity contribution in [2.45, 2.75) is 6.54 Å². The number of hydrogen-bond donors (Lipinski definition) is 1. The van der Waals surface area contributed by atoms with E-state index in [4.69, 9.17) is 9.47 Å². The lowest BCUT2D eigenvalue weighted by Crippen LogP contribution is -2.43. The second kappa shape index (κ2) is 6.81. The van der Waals surface area contributed by atoms with Gasteiger partial charge in [0, 0.05) is 49.5 Å². The maximum Gasteiger partial charge on any atom is 0.321 e. The van der Waals surface area contributed by atoms with Gasteiger partial charge in [-0.15, -0.1) is 0 Å². The second-order valence-corrected chi connectivity index (χ2v) is 5.31. The van der Waals surface area contributed by atoms with Gasteiger partial charge < -0.3 is 24.3 Å². The van der Waals surface area contributed by atoms with Gasteiger partial charge in [-0.3, -0.25) is 0 Å². The van der Waals surface area contributed by atoms with E-state index >= 15 is 0 Å². The van der Waals surface area contributed by atoms with Crippen LogP contribution in [-0.4, -0.2) is 55.5 Å². The number of carbonyl (C=O) groups excluding carboxylic acids is 1. The molecular formula is C16H21N3O3. The number of benzene rings is 1. The van der Waals surface area contributed by atoms with Crippen molar-refractivity contribution in [1.82, 2.24) is 9.47 Å². The van der Waals surface area contributed by atoms with Crippen molar-refractivity contribution in [3.05, 3.63) is 30.5 Å². The Balaban J connectivity index is 1.70. The van der Waals surface area contributed by atoms with Crippen LogP contribution in [0.1, 0.15) is 0 Å². The van der Waals surface area contributed by atoms with Crippen LogP contribution < -0.4 is 5.32 Å².